The highest BCUT2D eigenvalue weighted by atomic mass is 16.7. The van der Waals surface area contributed by atoms with Gasteiger partial charge < -0.3 is 19.7 Å². The molecule has 9 nitrogen and oxygen atoms in total. The van der Waals surface area contributed by atoms with Gasteiger partial charge in [-0.2, -0.15) is 0 Å². The van der Waals surface area contributed by atoms with Gasteiger partial charge in [-0.25, -0.2) is 5.06 Å². The normalized spacial score (nSPS) is 22.0. The molecular formula is C32H51N3O6. The summed E-state index contributed by atoms with van der Waals surface area (Å²) in [4.78, 5) is 48.1. The van der Waals surface area contributed by atoms with Crippen LogP contribution >= 0.6 is 0 Å². The summed E-state index contributed by atoms with van der Waals surface area (Å²) in [5.41, 5.74) is 0.950. The number of benzene rings is 1. The van der Waals surface area contributed by atoms with E-state index in [1.165, 1.54) is 5.06 Å². The Kier molecular flexibility index (Phi) is 13.1. The molecule has 2 fully saturated rings. The fourth-order valence-electron chi connectivity index (χ4n) is 6.10. The van der Waals surface area contributed by atoms with Crippen LogP contribution < -0.4 is 5.32 Å². The first-order valence-corrected chi connectivity index (χ1v) is 15.3. The van der Waals surface area contributed by atoms with E-state index in [2.05, 4.69) is 26.1 Å². The molecule has 230 valence electrons. The van der Waals surface area contributed by atoms with Gasteiger partial charge in [0.05, 0.1) is 37.2 Å². The number of hydroxylamine groups is 2. The van der Waals surface area contributed by atoms with Crippen LogP contribution in [0.1, 0.15) is 71.8 Å². The average molecular weight is 574 g/mol. The maximum atomic E-state index is 13.7. The number of nitrogens with one attached hydrogen (secondary N) is 1. The fourth-order valence-corrected chi connectivity index (χ4v) is 6.10. The van der Waals surface area contributed by atoms with Crippen molar-refractivity contribution in [1.82, 2.24) is 15.3 Å². The molecule has 1 aromatic rings. The van der Waals surface area contributed by atoms with E-state index in [0.717, 1.165) is 37.7 Å². The lowest BCUT2D eigenvalue weighted by molar-refractivity contribution is -0.199. The molecule has 2 saturated heterocycles. The Hall–Kier alpha value is -2.49. The van der Waals surface area contributed by atoms with Gasteiger partial charge in [-0.1, -0.05) is 64.4 Å². The lowest BCUT2D eigenvalue weighted by atomic mass is 9.87. The molecule has 3 amide bonds. The minimum absolute atomic E-state index is 0.0311. The zero-order valence-electron chi connectivity index (χ0n) is 25.8. The first kappa shape index (κ1) is 33.0. The van der Waals surface area contributed by atoms with Gasteiger partial charge in [0.2, 0.25) is 11.8 Å². The van der Waals surface area contributed by atoms with Crippen molar-refractivity contribution < 1.29 is 28.7 Å². The van der Waals surface area contributed by atoms with E-state index in [1.807, 2.05) is 42.2 Å². The van der Waals surface area contributed by atoms with E-state index < -0.39 is 18.1 Å². The van der Waals surface area contributed by atoms with Gasteiger partial charge in [-0.15, -0.1) is 0 Å². The molecule has 1 aromatic carbocycles. The Morgan fingerprint density at radius 2 is 1.76 bits per heavy atom. The Morgan fingerprint density at radius 1 is 1.02 bits per heavy atom. The average Bonchev–Trinajstić information content (AvgIpc) is 3.49. The van der Waals surface area contributed by atoms with Crippen molar-refractivity contribution in [2.75, 3.05) is 33.9 Å². The largest absolute Gasteiger partial charge is 0.381 e. The molecule has 0 radical (unpaired) electrons. The van der Waals surface area contributed by atoms with Crippen molar-refractivity contribution in [3.05, 3.63) is 35.9 Å². The quantitative estimate of drug-likeness (QED) is 0.362. The van der Waals surface area contributed by atoms with Crippen molar-refractivity contribution in [1.29, 1.82) is 0 Å². The SMILES string of the molecule is CC[C@H](C)[C@H](C)C(CC(=O)N1CCC[C@H]1[C@H](OC)[C@@H](C)C(=O)N[C@@H](Cc1ccccc1)C(=O)N1CCCCO1)OC. The van der Waals surface area contributed by atoms with Crippen LogP contribution in [0.3, 0.4) is 0 Å². The van der Waals surface area contributed by atoms with Crippen molar-refractivity contribution in [3.63, 3.8) is 0 Å². The van der Waals surface area contributed by atoms with Gasteiger partial charge >= 0.3 is 0 Å². The van der Waals surface area contributed by atoms with Crippen molar-refractivity contribution >= 4 is 17.7 Å². The van der Waals surface area contributed by atoms with Crippen molar-refractivity contribution in [3.8, 4) is 0 Å². The molecule has 1 N–H and O–H groups in total. The number of carbonyl (C=O) groups is 3. The fraction of sp³-hybridized carbons (Fsp3) is 0.719. The number of methoxy groups -OCH3 is 2. The Bertz CT molecular complexity index is 969. The number of hydrogen-bond acceptors (Lipinski definition) is 6. The number of amides is 3. The second-order valence-electron chi connectivity index (χ2n) is 11.7. The lowest BCUT2D eigenvalue weighted by Gasteiger charge is -2.36. The molecule has 41 heavy (non-hydrogen) atoms. The van der Waals surface area contributed by atoms with Crippen LogP contribution in [-0.2, 0) is 35.1 Å². The highest BCUT2D eigenvalue weighted by molar-refractivity contribution is 5.88. The van der Waals surface area contributed by atoms with Crippen LogP contribution in [0, 0.1) is 17.8 Å². The number of carbonyl (C=O) groups excluding carboxylic acids is 3. The number of hydrogen-bond donors (Lipinski definition) is 1. The third-order valence-corrected chi connectivity index (χ3v) is 9.13. The highest BCUT2D eigenvalue weighted by Crippen LogP contribution is 2.29. The molecule has 1 unspecified atom stereocenters. The summed E-state index contributed by atoms with van der Waals surface area (Å²) in [6.07, 6.45) is 4.40. The second kappa shape index (κ2) is 16.2. The van der Waals surface area contributed by atoms with E-state index in [4.69, 9.17) is 14.3 Å². The molecule has 2 heterocycles. The highest BCUT2D eigenvalue weighted by Gasteiger charge is 2.41. The van der Waals surface area contributed by atoms with Crippen LogP contribution in [0.2, 0.25) is 0 Å². The Balaban J connectivity index is 1.71. The maximum absolute atomic E-state index is 13.7. The molecule has 2 aliphatic rings. The predicted octanol–water partition coefficient (Wildman–Crippen LogP) is 4.00. The first-order chi connectivity index (χ1) is 19.7. The number of nitrogens with zero attached hydrogens (tertiary/aromatic N) is 2. The zero-order chi connectivity index (χ0) is 29.9. The smallest absolute Gasteiger partial charge is 0.269 e. The van der Waals surface area contributed by atoms with Gasteiger partial charge in [0.25, 0.3) is 5.91 Å². The van der Waals surface area contributed by atoms with E-state index in [9.17, 15) is 14.4 Å². The minimum atomic E-state index is -0.770. The summed E-state index contributed by atoms with van der Waals surface area (Å²) in [6, 6.07) is 8.66. The van der Waals surface area contributed by atoms with Crippen LogP contribution in [0.4, 0.5) is 0 Å². The third kappa shape index (κ3) is 8.75. The summed E-state index contributed by atoms with van der Waals surface area (Å²) in [5, 5.41) is 4.39. The molecule has 0 saturated carbocycles. The van der Waals surface area contributed by atoms with Gasteiger partial charge in [-0.05, 0) is 43.1 Å². The molecule has 7 atom stereocenters. The number of ether oxygens (including phenoxy) is 2. The van der Waals surface area contributed by atoms with Crippen molar-refractivity contribution in [2.24, 2.45) is 17.8 Å². The summed E-state index contributed by atoms with van der Waals surface area (Å²) >= 11 is 0. The molecule has 2 aliphatic heterocycles. The zero-order valence-corrected chi connectivity index (χ0v) is 25.8. The first-order valence-electron chi connectivity index (χ1n) is 15.3. The lowest BCUT2D eigenvalue weighted by Crippen LogP contribution is -2.55. The summed E-state index contributed by atoms with van der Waals surface area (Å²) in [5.74, 6) is -0.378. The third-order valence-electron chi connectivity index (χ3n) is 9.13. The van der Waals surface area contributed by atoms with Gasteiger partial charge in [0, 0.05) is 33.7 Å². The van der Waals surface area contributed by atoms with E-state index in [1.54, 1.807) is 14.2 Å². The molecular weight excluding hydrogens is 522 g/mol. The topological polar surface area (TPSA) is 97.4 Å². The molecule has 0 bridgehead atoms. The molecule has 0 aliphatic carbocycles. The molecule has 0 aromatic heterocycles. The van der Waals surface area contributed by atoms with E-state index in [-0.39, 0.29) is 35.8 Å². The van der Waals surface area contributed by atoms with Gasteiger partial charge in [-0.3, -0.25) is 19.2 Å². The number of rotatable bonds is 14. The van der Waals surface area contributed by atoms with E-state index >= 15 is 0 Å². The monoisotopic (exact) mass is 573 g/mol. The Labute approximate surface area is 246 Å². The second-order valence-corrected chi connectivity index (χ2v) is 11.7. The summed E-state index contributed by atoms with van der Waals surface area (Å²) < 4.78 is 11.7. The van der Waals surface area contributed by atoms with Crippen molar-refractivity contribution in [2.45, 2.75) is 96.9 Å². The minimum Gasteiger partial charge on any atom is -0.381 e. The summed E-state index contributed by atoms with van der Waals surface area (Å²) in [7, 11) is 3.26. The maximum Gasteiger partial charge on any atom is 0.269 e. The summed E-state index contributed by atoms with van der Waals surface area (Å²) in [6.45, 7) is 9.93. The van der Waals surface area contributed by atoms with Crippen LogP contribution in [0.5, 0.6) is 0 Å². The molecule has 9 heteroatoms. The van der Waals surface area contributed by atoms with Gasteiger partial charge in [0.1, 0.15) is 6.04 Å². The standard InChI is InChI=1S/C32H51N3O6/c1-7-22(2)23(3)28(39-5)21-29(36)34-17-13-16-27(34)30(40-6)24(4)31(37)33-26(20-25-14-9-8-10-15-25)32(38)35-18-11-12-19-41-35/h8-10,14-15,22-24,26-28,30H,7,11-13,16-21H2,1-6H3,(H,33,37)/t22-,23-,24+,26-,27-,28?,30+/m0/s1. The Morgan fingerprint density at radius 3 is 2.37 bits per heavy atom. The van der Waals surface area contributed by atoms with E-state index in [0.29, 0.717) is 38.5 Å². The molecule has 3 rings (SSSR count). The molecule has 0 spiro atoms. The predicted molar refractivity (Wildman–Crippen MR) is 158 cm³/mol. The van der Waals surface area contributed by atoms with Crippen LogP contribution in [-0.4, -0.2) is 85.9 Å². The van der Waals surface area contributed by atoms with Crippen LogP contribution in [0.25, 0.3) is 0 Å². The van der Waals surface area contributed by atoms with Gasteiger partial charge in [0.15, 0.2) is 0 Å². The number of likely N-dealkylation sites (tertiary alicyclic amines) is 1. The van der Waals surface area contributed by atoms with Crippen LogP contribution in [0.15, 0.2) is 30.3 Å².